The van der Waals surface area contributed by atoms with Crippen LogP contribution in [0.3, 0.4) is 0 Å². The second-order valence-corrected chi connectivity index (χ2v) is 8.96. The quantitative estimate of drug-likeness (QED) is 0.239. The zero-order valence-corrected chi connectivity index (χ0v) is 20.7. The molecule has 0 spiro atoms. The van der Waals surface area contributed by atoms with Crippen LogP contribution in [-0.4, -0.2) is 46.7 Å². The molecule has 1 amide bonds. The Morgan fingerprint density at radius 1 is 1.29 bits per heavy atom. The number of hydrogen-bond donors (Lipinski definition) is 4. The first kappa shape index (κ1) is 26.7. The first-order chi connectivity index (χ1) is 16.6. The third-order valence-electron chi connectivity index (χ3n) is 5.67. The monoisotopic (exact) mass is 512 g/mol. The summed E-state index contributed by atoms with van der Waals surface area (Å²) >= 11 is 5.08. The second-order valence-electron chi connectivity index (χ2n) is 8.56. The summed E-state index contributed by atoms with van der Waals surface area (Å²) in [5.74, 6) is -0.259. The predicted molar refractivity (Wildman–Crippen MR) is 131 cm³/mol. The smallest absolute Gasteiger partial charge is 0.382 e. The van der Waals surface area contributed by atoms with Crippen LogP contribution in [0.4, 0.5) is 19.0 Å². The molecule has 8 nitrogen and oxygen atoms in total. The topological polar surface area (TPSA) is 92.2 Å². The lowest BCUT2D eigenvalue weighted by molar-refractivity contribution is -0.173. The van der Waals surface area contributed by atoms with E-state index in [1.54, 1.807) is 0 Å². The van der Waals surface area contributed by atoms with Crippen LogP contribution in [0.15, 0.2) is 30.3 Å². The van der Waals surface area contributed by atoms with Crippen molar-refractivity contribution in [2.75, 3.05) is 25.1 Å². The molecule has 1 aromatic carbocycles. The number of fused-ring (bicyclic) bond motifs is 1. The Morgan fingerprint density at radius 2 is 2.00 bits per heavy atom. The summed E-state index contributed by atoms with van der Waals surface area (Å²) in [4.78, 5) is 12.5. The molecule has 1 aliphatic rings. The number of anilines is 1. The summed E-state index contributed by atoms with van der Waals surface area (Å²) in [6.45, 7) is 7.76. The van der Waals surface area contributed by atoms with Crippen LogP contribution in [0.1, 0.15) is 73.2 Å². The van der Waals surface area contributed by atoms with Gasteiger partial charge in [0.25, 0.3) is 5.91 Å². The molecule has 4 N–H and O–H groups in total. The lowest BCUT2D eigenvalue weighted by Gasteiger charge is -2.33. The van der Waals surface area contributed by atoms with Crippen LogP contribution >= 0.6 is 12.2 Å². The van der Waals surface area contributed by atoms with Crippen LogP contribution in [0.2, 0.25) is 0 Å². The molecule has 192 valence electrons. The van der Waals surface area contributed by atoms with Crippen molar-refractivity contribution < 1.29 is 22.7 Å². The highest BCUT2D eigenvalue weighted by Gasteiger charge is 2.46. The number of rotatable bonds is 8. The lowest BCUT2D eigenvalue weighted by Crippen LogP contribution is -2.47. The Morgan fingerprint density at radius 3 is 2.63 bits per heavy atom. The van der Waals surface area contributed by atoms with Gasteiger partial charge in [0.15, 0.2) is 16.8 Å². The average Bonchev–Trinajstić information content (AvgIpc) is 3.25. The molecule has 0 aliphatic carbocycles. The van der Waals surface area contributed by atoms with E-state index < -0.39 is 24.2 Å². The number of hydrogen-bond acceptors (Lipinski definition) is 5. The van der Waals surface area contributed by atoms with E-state index in [2.05, 4.69) is 40.4 Å². The van der Waals surface area contributed by atoms with Crippen LogP contribution in [0, 0.1) is 0 Å². The number of nitrogens with one attached hydrogen (secondary N) is 4. The van der Waals surface area contributed by atoms with Crippen molar-refractivity contribution in [3.05, 3.63) is 47.2 Å². The van der Waals surface area contributed by atoms with Crippen LogP contribution < -0.4 is 21.5 Å². The van der Waals surface area contributed by atoms with Crippen LogP contribution in [0.25, 0.3) is 0 Å². The van der Waals surface area contributed by atoms with Crippen molar-refractivity contribution in [1.82, 2.24) is 25.9 Å². The Bertz CT molecular complexity index is 1010. The highest BCUT2D eigenvalue weighted by atomic mass is 32.1. The minimum atomic E-state index is -4.53. The van der Waals surface area contributed by atoms with Gasteiger partial charge in [-0.2, -0.15) is 18.3 Å². The summed E-state index contributed by atoms with van der Waals surface area (Å²) in [6, 6.07) is 6.40. The van der Waals surface area contributed by atoms with Gasteiger partial charge < -0.3 is 15.4 Å². The van der Waals surface area contributed by atoms with Crippen molar-refractivity contribution in [2.45, 2.75) is 57.8 Å². The maximum absolute atomic E-state index is 13.9. The maximum Gasteiger partial charge on any atom is 0.410 e. The van der Waals surface area contributed by atoms with Crippen molar-refractivity contribution in [2.24, 2.45) is 0 Å². The van der Waals surface area contributed by atoms with E-state index in [4.69, 9.17) is 17.0 Å². The molecule has 2 atom stereocenters. The van der Waals surface area contributed by atoms with E-state index in [0.29, 0.717) is 25.7 Å². The highest BCUT2D eigenvalue weighted by Crippen LogP contribution is 2.43. The molecule has 0 saturated carbocycles. The summed E-state index contributed by atoms with van der Waals surface area (Å²) in [5.41, 5.74) is 6.58. The average molecular weight is 513 g/mol. The molecule has 35 heavy (non-hydrogen) atoms. The highest BCUT2D eigenvalue weighted by molar-refractivity contribution is 7.80. The number of alkyl halides is 3. The minimum Gasteiger partial charge on any atom is -0.382 e. The summed E-state index contributed by atoms with van der Waals surface area (Å²) in [5, 5.41) is 10.1. The van der Waals surface area contributed by atoms with E-state index in [0.717, 1.165) is 22.2 Å². The number of carbonyl (C=O) groups is 1. The number of ether oxygens (including phenoxy) is 1. The second kappa shape index (κ2) is 11.7. The standard InChI is InChI=1S/C23H31F3N6O2S/c1-4-34-11-5-10-27-22(35)30-29-21(33)18-13-20-28-17(12-19(23(24,25)26)32(20)31-18)16-8-6-15(7-9-16)14(2)3/h6-9,13-14,17,19,28H,4-5,10-12H2,1-3H3,(H,29,33)(H2,27,30,35)/t17-,19+/m0/s1. The fourth-order valence-corrected chi connectivity index (χ4v) is 3.91. The fraction of sp³-hybridized carbons (Fsp3) is 0.522. The van der Waals surface area contributed by atoms with Gasteiger partial charge in [0.1, 0.15) is 5.82 Å². The van der Waals surface area contributed by atoms with E-state index in [1.165, 1.54) is 6.07 Å². The van der Waals surface area contributed by atoms with Gasteiger partial charge in [-0.25, -0.2) is 4.68 Å². The molecule has 12 heteroatoms. The zero-order valence-electron chi connectivity index (χ0n) is 19.9. The van der Waals surface area contributed by atoms with Gasteiger partial charge >= 0.3 is 6.18 Å². The van der Waals surface area contributed by atoms with Gasteiger partial charge in [-0.3, -0.25) is 15.6 Å². The molecule has 0 saturated heterocycles. The molecule has 2 heterocycles. The Hall–Kier alpha value is -2.86. The van der Waals surface area contributed by atoms with Crippen LogP contribution in [-0.2, 0) is 4.74 Å². The lowest BCUT2D eigenvalue weighted by atomic mass is 9.94. The van der Waals surface area contributed by atoms with Crippen molar-refractivity contribution in [3.63, 3.8) is 0 Å². The summed E-state index contributed by atoms with van der Waals surface area (Å²) in [6.07, 6.45) is -4.05. The zero-order chi connectivity index (χ0) is 25.6. The Labute approximate surface area is 207 Å². The van der Waals surface area contributed by atoms with Gasteiger partial charge in [-0.05, 0) is 42.6 Å². The number of amides is 1. The number of benzene rings is 1. The van der Waals surface area contributed by atoms with Crippen molar-refractivity contribution in [3.8, 4) is 0 Å². The molecule has 2 aromatic rings. The number of aromatic nitrogens is 2. The van der Waals surface area contributed by atoms with Gasteiger partial charge in [-0.15, -0.1) is 0 Å². The minimum absolute atomic E-state index is 0.123. The first-order valence-corrected chi connectivity index (χ1v) is 12.0. The van der Waals surface area contributed by atoms with E-state index in [9.17, 15) is 18.0 Å². The molecule has 0 bridgehead atoms. The third-order valence-corrected chi connectivity index (χ3v) is 5.92. The Kier molecular flexibility index (Phi) is 8.95. The molecule has 0 unspecified atom stereocenters. The molecule has 1 aliphatic heterocycles. The third kappa shape index (κ3) is 7.07. The SMILES string of the molecule is CCOCCCNC(=S)NNC(=O)c1cc2n(n1)[C@@H](C(F)(F)F)C[C@@H](c1ccc(C(C)C)cc1)N2. The molecule has 0 radical (unpaired) electrons. The van der Waals surface area contributed by atoms with E-state index >= 15 is 0 Å². The first-order valence-electron chi connectivity index (χ1n) is 11.5. The number of nitrogens with zero attached hydrogens (tertiary/aromatic N) is 2. The number of carbonyl (C=O) groups excluding carboxylic acids is 1. The van der Waals surface area contributed by atoms with Gasteiger partial charge in [0.05, 0.1) is 6.04 Å². The molecular weight excluding hydrogens is 481 g/mol. The normalized spacial score (nSPS) is 17.5. The van der Waals surface area contributed by atoms with Gasteiger partial charge in [-0.1, -0.05) is 38.1 Å². The Balaban J connectivity index is 1.68. The fourth-order valence-electron chi connectivity index (χ4n) is 3.76. The van der Waals surface area contributed by atoms with E-state index in [-0.39, 0.29) is 23.0 Å². The largest absolute Gasteiger partial charge is 0.410 e. The predicted octanol–water partition coefficient (Wildman–Crippen LogP) is 4.20. The number of halogens is 3. The molecular formula is C23H31F3N6O2S. The van der Waals surface area contributed by atoms with Gasteiger partial charge in [0, 0.05) is 32.2 Å². The summed E-state index contributed by atoms with van der Waals surface area (Å²) < 4.78 is 47.8. The van der Waals surface area contributed by atoms with Crippen molar-refractivity contribution in [1.29, 1.82) is 0 Å². The number of thiocarbonyl (C=S) groups is 1. The van der Waals surface area contributed by atoms with Crippen LogP contribution in [0.5, 0.6) is 0 Å². The van der Waals surface area contributed by atoms with Crippen molar-refractivity contribution >= 4 is 29.1 Å². The maximum atomic E-state index is 13.9. The van der Waals surface area contributed by atoms with Gasteiger partial charge in [0.2, 0.25) is 0 Å². The molecule has 1 aromatic heterocycles. The van der Waals surface area contributed by atoms with E-state index in [1.807, 2.05) is 31.2 Å². The summed E-state index contributed by atoms with van der Waals surface area (Å²) in [7, 11) is 0. The number of hydrazine groups is 1. The molecule has 0 fully saturated rings. The molecule has 3 rings (SSSR count).